The summed E-state index contributed by atoms with van der Waals surface area (Å²) in [6, 6.07) is 6.07. The normalized spacial score (nSPS) is 12.2. The first-order valence-corrected chi connectivity index (χ1v) is 6.25. The highest BCUT2D eigenvalue weighted by Crippen LogP contribution is 2.30. The Bertz CT molecular complexity index is 352. The maximum absolute atomic E-state index is 5.82. The fourth-order valence-electron chi connectivity index (χ4n) is 1.32. The third-order valence-corrected chi connectivity index (χ3v) is 2.87. The van der Waals surface area contributed by atoms with Crippen molar-refractivity contribution in [3.8, 4) is 5.75 Å². The van der Waals surface area contributed by atoms with Crippen LogP contribution in [0.15, 0.2) is 35.3 Å². The van der Waals surface area contributed by atoms with E-state index in [1.165, 1.54) is 0 Å². The van der Waals surface area contributed by atoms with E-state index in [1.54, 1.807) is 6.08 Å². The van der Waals surface area contributed by atoms with Crippen LogP contribution < -0.4 is 10.1 Å². The zero-order chi connectivity index (χ0) is 12.0. The molecule has 1 unspecified atom stereocenters. The second kappa shape index (κ2) is 6.71. The van der Waals surface area contributed by atoms with Gasteiger partial charge in [-0.15, -0.1) is 0 Å². The van der Waals surface area contributed by atoms with Gasteiger partial charge < -0.3 is 10.1 Å². The second-order valence-electron chi connectivity index (χ2n) is 3.57. The molecule has 88 valence electrons. The molecular weight excluding hydrogens is 266 g/mol. The van der Waals surface area contributed by atoms with Crippen LogP contribution in [0.3, 0.4) is 0 Å². The van der Waals surface area contributed by atoms with Crippen molar-refractivity contribution in [3.05, 3.63) is 40.9 Å². The van der Waals surface area contributed by atoms with E-state index < -0.39 is 0 Å². The summed E-state index contributed by atoms with van der Waals surface area (Å²) in [5.41, 5.74) is 1.16. The highest BCUT2D eigenvalue weighted by molar-refractivity contribution is 9.10. The molecule has 0 heterocycles. The summed E-state index contributed by atoms with van der Waals surface area (Å²) in [5, 5.41) is 3.30. The van der Waals surface area contributed by atoms with E-state index in [1.807, 2.05) is 19.1 Å². The molecule has 0 bridgehead atoms. The summed E-state index contributed by atoms with van der Waals surface area (Å²) in [4.78, 5) is 0. The molecule has 0 aliphatic carbocycles. The third-order valence-electron chi connectivity index (χ3n) is 2.25. The molecule has 1 N–H and O–H groups in total. The Labute approximate surface area is 106 Å². The van der Waals surface area contributed by atoms with Crippen LogP contribution in [-0.2, 0) is 6.54 Å². The summed E-state index contributed by atoms with van der Waals surface area (Å²) < 4.78 is 6.80. The van der Waals surface area contributed by atoms with Crippen LogP contribution in [0.25, 0.3) is 0 Å². The number of hydrogen-bond acceptors (Lipinski definition) is 2. The summed E-state index contributed by atoms with van der Waals surface area (Å²) in [6.07, 6.45) is 1.80. The molecule has 1 aromatic carbocycles. The highest BCUT2D eigenvalue weighted by atomic mass is 79.9. The zero-order valence-electron chi connectivity index (χ0n) is 9.79. The minimum Gasteiger partial charge on any atom is -0.485 e. The van der Waals surface area contributed by atoms with Crippen molar-refractivity contribution in [2.45, 2.75) is 26.5 Å². The van der Waals surface area contributed by atoms with Gasteiger partial charge in [-0.3, -0.25) is 0 Å². The van der Waals surface area contributed by atoms with Gasteiger partial charge in [0.1, 0.15) is 11.9 Å². The monoisotopic (exact) mass is 283 g/mol. The van der Waals surface area contributed by atoms with Crippen LogP contribution in [0.4, 0.5) is 0 Å². The number of hydrogen-bond donors (Lipinski definition) is 1. The predicted molar refractivity (Wildman–Crippen MR) is 71.8 cm³/mol. The molecule has 0 fully saturated rings. The summed E-state index contributed by atoms with van der Waals surface area (Å²) >= 11 is 3.51. The van der Waals surface area contributed by atoms with Crippen molar-refractivity contribution >= 4 is 15.9 Å². The standard InChI is InChI=1S/C13H18BrNO/c1-4-10(3)16-13-11(9-15-5-2)7-6-8-12(13)14/h4,6-8,10,15H,1,5,9H2,2-3H3. The van der Waals surface area contributed by atoms with Crippen molar-refractivity contribution in [2.75, 3.05) is 6.54 Å². The lowest BCUT2D eigenvalue weighted by molar-refractivity contribution is 0.265. The minimum absolute atomic E-state index is 0.0130. The van der Waals surface area contributed by atoms with Crippen LogP contribution in [0.5, 0.6) is 5.75 Å². The molecule has 0 aromatic heterocycles. The molecule has 2 nitrogen and oxygen atoms in total. The number of benzene rings is 1. The Morgan fingerprint density at radius 2 is 2.31 bits per heavy atom. The molecule has 16 heavy (non-hydrogen) atoms. The third kappa shape index (κ3) is 3.65. The highest BCUT2D eigenvalue weighted by Gasteiger charge is 2.09. The SMILES string of the molecule is C=CC(C)Oc1c(Br)cccc1CNCC. The van der Waals surface area contributed by atoms with Gasteiger partial charge in [0.25, 0.3) is 0 Å². The number of ether oxygens (including phenoxy) is 1. The molecule has 0 spiro atoms. The van der Waals surface area contributed by atoms with E-state index in [0.29, 0.717) is 0 Å². The zero-order valence-corrected chi connectivity index (χ0v) is 11.4. The predicted octanol–water partition coefficient (Wildman–Crippen LogP) is 3.51. The Kier molecular flexibility index (Phi) is 5.56. The van der Waals surface area contributed by atoms with E-state index in [2.05, 4.69) is 40.8 Å². The van der Waals surface area contributed by atoms with Crippen molar-refractivity contribution in [2.24, 2.45) is 0 Å². The van der Waals surface area contributed by atoms with E-state index in [0.717, 1.165) is 28.9 Å². The van der Waals surface area contributed by atoms with Crippen LogP contribution in [0.1, 0.15) is 19.4 Å². The molecule has 3 heteroatoms. The van der Waals surface area contributed by atoms with Gasteiger partial charge in [-0.1, -0.05) is 31.7 Å². The molecule has 0 aliphatic heterocycles. The first kappa shape index (κ1) is 13.3. The number of rotatable bonds is 6. The molecule has 0 radical (unpaired) electrons. The molecule has 1 atom stereocenters. The van der Waals surface area contributed by atoms with E-state index in [9.17, 15) is 0 Å². The lowest BCUT2D eigenvalue weighted by Crippen LogP contribution is -2.15. The van der Waals surface area contributed by atoms with Gasteiger partial charge in [0, 0.05) is 12.1 Å². The average molecular weight is 284 g/mol. The molecule has 0 saturated carbocycles. The van der Waals surface area contributed by atoms with Gasteiger partial charge >= 0.3 is 0 Å². The largest absolute Gasteiger partial charge is 0.485 e. The van der Waals surface area contributed by atoms with E-state index in [-0.39, 0.29) is 6.10 Å². The Morgan fingerprint density at radius 1 is 1.56 bits per heavy atom. The minimum atomic E-state index is 0.0130. The van der Waals surface area contributed by atoms with Crippen LogP contribution in [0.2, 0.25) is 0 Å². The van der Waals surface area contributed by atoms with Crippen molar-refractivity contribution in [1.82, 2.24) is 5.32 Å². The van der Waals surface area contributed by atoms with Gasteiger partial charge in [-0.25, -0.2) is 0 Å². The molecule has 0 saturated heterocycles. The molecular formula is C13H18BrNO. The average Bonchev–Trinajstić information content (AvgIpc) is 2.29. The molecule has 1 aromatic rings. The fraction of sp³-hybridized carbons (Fsp3) is 0.385. The van der Waals surface area contributed by atoms with E-state index in [4.69, 9.17) is 4.74 Å². The summed E-state index contributed by atoms with van der Waals surface area (Å²) in [7, 11) is 0. The van der Waals surface area contributed by atoms with Crippen LogP contribution >= 0.6 is 15.9 Å². The number of para-hydroxylation sites is 1. The van der Waals surface area contributed by atoms with Crippen LogP contribution in [0, 0.1) is 0 Å². The summed E-state index contributed by atoms with van der Waals surface area (Å²) in [5.74, 6) is 0.899. The maximum atomic E-state index is 5.82. The maximum Gasteiger partial charge on any atom is 0.138 e. The van der Waals surface area contributed by atoms with Crippen molar-refractivity contribution in [3.63, 3.8) is 0 Å². The Hall–Kier alpha value is -0.800. The van der Waals surface area contributed by atoms with Gasteiger partial charge in [0.05, 0.1) is 4.47 Å². The second-order valence-corrected chi connectivity index (χ2v) is 4.42. The smallest absolute Gasteiger partial charge is 0.138 e. The van der Waals surface area contributed by atoms with Gasteiger partial charge in [0.15, 0.2) is 0 Å². The first-order chi connectivity index (χ1) is 7.69. The topological polar surface area (TPSA) is 21.3 Å². The van der Waals surface area contributed by atoms with Gasteiger partial charge in [-0.05, 0) is 35.5 Å². The molecule has 0 amide bonds. The van der Waals surface area contributed by atoms with Gasteiger partial charge in [-0.2, -0.15) is 0 Å². The summed E-state index contributed by atoms with van der Waals surface area (Å²) in [6.45, 7) is 9.55. The van der Waals surface area contributed by atoms with Gasteiger partial charge in [0.2, 0.25) is 0 Å². The molecule has 0 aliphatic rings. The first-order valence-electron chi connectivity index (χ1n) is 5.46. The van der Waals surface area contributed by atoms with Crippen LogP contribution in [-0.4, -0.2) is 12.6 Å². The Balaban J connectivity index is 2.89. The lowest BCUT2D eigenvalue weighted by atomic mass is 10.2. The number of nitrogens with one attached hydrogen (secondary N) is 1. The lowest BCUT2D eigenvalue weighted by Gasteiger charge is -2.16. The Morgan fingerprint density at radius 3 is 2.94 bits per heavy atom. The quantitative estimate of drug-likeness (QED) is 0.807. The fourth-order valence-corrected chi connectivity index (χ4v) is 1.82. The molecule has 1 rings (SSSR count). The van der Waals surface area contributed by atoms with Crippen molar-refractivity contribution < 1.29 is 4.74 Å². The number of halogens is 1. The van der Waals surface area contributed by atoms with Crippen molar-refractivity contribution in [1.29, 1.82) is 0 Å². The van der Waals surface area contributed by atoms with E-state index >= 15 is 0 Å².